The molecule has 0 aliphatic heterocycles. The van der Waals surface area contributed by atoms with Crippen molar-refractivity contribution < 1.29 is 0 Å². The first-order valence-corrected chi connectivity index (χ1v) is 7.53. The van der Waals surface area contributed by atoms with Crippen LogP contribution in [0.3, 0.4) is 0 Å². The maximum Gasteiger partial charge on any atom is 0.0708 e. The quantitative estimate of drug-likeness (QED) is 0.620. The van der Waals surface area contributed by atoms with Gasteiger partial charge >= 0.3 is 0 Å². The van der Waals surface area contributed by atoms with Gasteiger partial charge in [0.15, 0.2) is 0 Å². The Kier molecular flexibility index (Phi) is 2.35. The van der Waals surface area contributed by atoms with Gasteiger partial charge in [0.1, 0.15) is 0 Å². The zero-order valence-corrected chi connectivity index (χ0v) is 11.9. The second-order valence-electron chi connectivity index (χ2n) is 3.31. The first kappa shape index (κ1) is 9.58. The van der Waals surface area contributed by atoms with Gasteiger partial charge in [-0.05, 0) is 68.0 Å². The molecule has 2 aromatic rings. The summed E-state index contributed by atoms with van der Waals surface area (Å²) in [6.07, 6.45) is 2.38. The van der Waals surface area contributed by atoms with Crippen molar-refractivity contribution in [2.24, 2.45) is 0 Å². The summed E-state index contributed by atoms with van der Waals surface area (Å²) >= 11 is 10.8. The van der Waals surface area contributed by atoms with Crippen molar-refractivity contribution in [1.82, 2.24) is 0 Å². The molecule has 0 aromatic carbocycles. The molecule has 1 aliphatic carbocycles. The van der Waals surface area contributed by atoms with E-state index >= 15 is 0 Å². The summed E-state index contributed by atoms with van der Waals surface area (Å²) in [5.74, 6) is 0. The topological polar surface area (TPSA) is 0 Å². The third-order valence-electron chi connectivity index (χ3n) is 2.43. The number of halogens is 2. The van der Waals surface area contributed by atoms with Gasteiger partial charge in [-0.3, -0.25) is 0 Å². The molecular weight excluding hydrogens is 344 g/mol. The van der Waals surface area contributed by atoms with E-state index in [9.17, 15) is 0 Å². The second-order valence-corrected chi connectivity index (χ2v) is 8.17. The molecule has 0 amide bonds. The number of hydrogen-bond donors (Lipinski definition) is 0. The maximum absolute atomic E-state index is 3.56. The highest BCUT2D eigenvalue weighted by Gasteiger charge is 2.20. The fraction of sp³-hybridized carbons (Fsp3) is 0.200. The average molecular weight is 350 g/mol. The van der Waals surface area contributed by atoms with Crippen LogP contribution < -0.4 is 0 Å². The molecule has 0 N–H and O–H groups in total. The molecule has 0 spiro atoms. The summed E-state index contributed by atoms with van der Waals surface area (Å²) in [5, 5.41) is 0. The number of fused-ring (bicyclic) bond motifs is 3. The van der Waals surface area contributed by atoms with E-state index < -0.39 is 0 Å². The second kappa shape index (κ2) is 3.44. The minimum Gasteiger partial charge on any atom is -0.127 e. The third kappa shape index (κ3) is 1.43. The highest BCUT2D eigenvalue weighted by atomic mass is 79.9. The minimum atomic E-state index is 1.19. The molecule has 0 unspecified atom stereocenters. The van der Waals surface area contributed by atoms with Crippen LogP contribution in [0.25, 0.3) is 9.75 Å². The van der Waals surface area contributed by atoms with Crippen molar-refractivity contribution in [1.29, 1.82) is 0 Å². The molecule has 2 heterocycles. The van der Waals surface area contributed by atoms with Crippen LogP contribution in [0.2, 0.25) is 0 Å². The van der Waals surface area contributed by atoms with Gasteiger partial charge in [0.25, 0.3) is 0 Å². The van der Waals surface area contributed by atoms with Gasteiger partial charge in [0.2, 0.25) is 0 Å². The predicted octanol–water partition coefficient (Wildman–Crippen LogP) is 5.10. The smallest absolute Gasteiger partial charge is 0.0708 e. The molecule has 0 nitrogen and oxygen atoms in total. The van der Waals surface area contributed by atoms with Gasteiger partial charge in [-0.2, -0.15) is 0 Å². The van der Waals surface area contributed by atoms with E-state index in [1.54, 1.807) is 0 Å². The first-order valence-electron chi connectivity index (χ1n) is 4.31. The highest BCUT2D eigenvalue weighted by Crippen LogP contribution is 2.46. The van der Waals surface area contributed by atoms with Crippen LogP contribution in [-0.4, -0.2) is 0 Å². The number of thiophene rings is 2. The van der Waals surface area contributed by atoms with E-state index in [0.29, 0.717) is 0 Å². The van der Waals surface area contributed by atoms with Crippen molar-refractivity contribution in [3.8, 4) is 9.75 Å². The largest absolute Gasteiger partial charge is 0.127 e. The predicted molar refractivity (Wildman–Crippen MR) is 70.4 cm³/mol. The number of rotatable bonds is 0. The van der Waals surface area contributed by atoms with E-state index in [0.717, 1.165) is 0 Å². The Morgan fingerprint density at radius 2 is 1.29 bits per heavy atom. The first-order chi connectivity index (χ1) is 6.74. The Labute approximate surface area is 107 Å². The van der Waals surface area contributed by atoms with E-state index in [1.807, 2.05) is 22.7 Å². The van der Waals surface area contributed by atoms with Gasteiger partial charge < -0.3 is 0 Å². The standard InChI is InChI=1S/C10H6Br2S2/c11-7-3-5-1-2-6-4-8(12)14-10(6)9(5)13-7/h3-4H,1-2H2. The number of aryl methyl sites for hydroxylation is 2. The van der Waals surface area contributed by atoms with Crippen LogP contribution in [0, 0.1) is 0 Å². The van der Waals surface area contributed by atoms with Crippen molar-refractivity contribution in [2.75, 3.05) is 0 Å². The van der Waals surface area contributed by atoms with Crippen LogP contribution in [0.4, 0.5) is 0 Å². The van der Waals surface area contributed by atoms with Crippen molar-refractivity contribution in [2.45, 2.75) is 12.8 Å². The van der Waals surface area contributed by atoms with Gasteiger partial charge in [-0.1, -0.05) is 0 Å². The van der Waals surface area contributed by atoms with Crippen LogP contribution in [0.1, 0.15) is 11.1 Å². The summed E-state index contributed by atoms with van der Waals surface area (Å²) in [7, 11) is 0. The minimum absolute atomic E-state index is 1.19. The maximum atomic E-state index is 3.56. The Bertz CT molecular complexity index is 450. The molecule has 0 atom stereocenters. The van der Waals surface area contributed by atoms with Gasteiger partial charge in [0, 0.05) is 9.75 Å². The Balaban J connectivity index is 2.27. The monoisotopic (exact) mass is 348 g/mol. The fourth-order valence-corrected chi connectivity index (χ4v) is 5.41. The molecule has 0 saturated carbocycles. The summed E-state index contributed by atoms with van der Waals surface area (Å²) in [6.45, 7) is 0. The molecule has 0 fully saturated rings. The Morgan fingerprint density at radius 1 is 0.857 bits per heavy atom. The zero-order valence-electron chi connectivity index (χ0n) is 7.14. The molecule has 4 heteroatoms. The van der Waals surface area contributed by atoms with Crippen LogP contribution in [0.15, 0.2) is 19.7 Å². The lowest BCUT2D eigenvalue weighted by Crippen LogP contribution is -1.96. The SMILES string of the molecule is Brc1cc2c(s1)-c1sc(Br)cc1CC2. The Hall–Kier alpha value is 0.360. The van der Waals surface area contributed by atoms with Crippen molar-refractivity contribution in [3.63, 3.8) is 0 Å². The molecule has 1 aliphatic rings. The molecule has 3 rings (SSSR count). The fourth-order valence-electron chi connectivity index (χ4n) is 1.82. The summed E-state index contributed by atoms with van der Waals surface area (Å²) in [4.78, 5) is 2.93. The third-order valence-corrected chi connectivity index (χ3v) is 5.95. The summed E-state index contributed by atoms with van der Waals surface area (Å²) in [5.41, 5.74) is 3.01. The highest BCUT2D eigenvalue weighted by molar-refractivity contribution is 9.11. The van der Waals surface area contributed by atoms with Crippen molar-refractivity contribution in [3.05, 3.63) is 30.8 Å². The lowest BCUT2D eigenvalue weighted by Gasteiger charge is -2.10. The van der Waals surface area contributed by atoms with Gasteiger partial charge in [-0.15, -0.1) is 22.7 Å². The lowest BCUT2D eigenvalue weighted by molar-refractivity contribution is 0.957. The lowest BCUT2D eigenvalue weighted by atomic mass is 9.99. The summed E-state index contributed by atoms with van der Waals surface area (Å²) in [6, 6.07) is 4.52. The molecule has 0 radical (unpaired) electrons. The van der Waals surface area contributed by atoms with Crippen molar-refractivity contribution >= 4 is 54.5 Å². The van der Waals surface area contributed by atoms with E-state index in [-0.39, 0.29) is 0 Å². The molecular formula is C10H6Br2S2. The van der Waals surface area contributed by atoms with Crippen LogP contribution in [-0.2, 0) is 12.8 Å². The van der Waals surface area contributed by atoms with Crippen LogP contribution in [0.5, 0.6) is 0 Å². The molecule has 0 bridgehead atoms. The molecule has 0 saturated heterocycles. The average Bonchev–Trinajstić information content (AvgIpc) is 2.65. The van der Waals surface area contributed by atoms with Crippen LogP contribution >= 0.6 is 54.5 Å². The molecule has 72 valence electrons. The zero-order chi connectivity index (χ0) is 9.71. The van der Waals surface area contributed by atoms with E-state index in [1.165, 1.54) is 41.3 Å². The van der Waals surface area contributed by atoms with Gasteiger partial charge in [-0.25, -0.2) is 0 Å². The normalized spacial score (nSPS) is 13.9. The number of hydrogen-bond acceptors (Lipinski definition) is 2. The van der Waals surface area contributed by atoms with E-state index in [2.05, 4.69) is 44.0 Å². The molecule has 2 aromatic heterocycles. The van der Waals surface area contributed by atoms with E-state index in [4.69, 9.17) is 0 Å². The van der Waals surface area contributed by atoms with Gasteiger partial charge in [0.05, 0.1) is 7.57 Å². The summed E-state index contributed by atoms with van der Waals surface area (Å²) < 4.78 is 2.50. The Morgan fingerprint density at radius 3 is 1.71 bits per heavy atom. The molecule has 14 heavy (non-hydrogen) atoms.